The molecule has 0 spiro atoms. The Morgan fingerprint density at radius 3 is 2.54 bits per heavy atom. The number of carbonyl (C=O) groups is 1. The van der Waals surface area contributed by atoms with Crippen molar-refractivity contribution in [1.29, 1.82) is 0 Å². The molecule has 2 aliphatic rings. The van der Waals surface area contributed by atoms with Crippen LogP contribution in [0.1, 0.15) is 29.5 Å². The first-order valence-corrected chi connectivity index (χ1v) is 10.3. The molecule has 0 amide bonds. The summed E-state index contributed by atoms with van der Waals surface area (Å²) in [6.07, 6.45) is 8.98. The lowest BCUT2D eigenvalue weighted by Gasteiger charge is -2.21. The molecule has 0 aliphatic heterocycles. The van der Waals surface area contributed by atoms with Gasteiger partial charge in [0.25, 0.3) is 0 Å². The molecular weight excluding hydrogens is 340 g/mol. The van der Waals surface area contributed by atoms with Crippen LogP contribution in [0.2, 0.25) is 0 Å². The van der Waals surface area contributed by atoms with Gasteiger partial charge < -0.3 is 0 Å². The van der Waals surface area contributed by atoms with E-state index < -0.39 is 0 Å². The number of ketones is 1. The summed E-state index contributed by atoms with van der Waals surface area (Å²) >= 11 is 0. The molecular formula is C27H24O. The predicted octanol–water partition coefficient (Wildman–Crippen LogP) is 4.24. The fraction of sp³-hybridized carbons (Fsp3) is 0.222. The largest absolute Gasteiger partial charge is 0.299 e. The highest BCUT2D eigenvalue weighted by Gasteiger charge is 2.21. The number of hydrogen-bond acceptors (Lipinski definition) is 1. The third-order valence-corrected chi connectivity index (χ3v) is 6.22. The molecule has 3 aromatic rings. The van der Waals surface area contributed by atoms with Gasteiger partial charge in [-0.2, -0.15) is 0 Å². The van der Waals surface area contributed by atoms with Crippen molar-refractivity contribution in [2.24, 2.45) is 5.92 Å². The van der Waals surface area contributed by atoms with Crippen LogP contribution in [0.3, 0.4) is 0 Å². The van der Waals surface area contributed by atoms with Crippen LogP contribution < -0.4 is 10.4 Å². The maximum absolute atomic E-state index is 12.9. The van der Waals surface area contributed by atoms with Crippen LogP contribution in [0.25, 0.3) is 23.3 Å². The van der Waals surface area contributed by atoms with E-state index in [4.69, 9.17) is 0 Å². The molecule has 28 heavy (non-hydrogen) atoms. The van der Waals surface area contributed by atoms with Gasteiger partial charge in [0.2, 0.25) is 0 Å². The summed E-state index contributed by atoms with van der Waals surface area (Å²) in [5.41, 5.74) is 6.68. The Morgan fingerprint density at radius 2 is 1.64 bits per heavy atom. The maximum Gasteiger partial charge on any atom is 0.140 e. The van der Waals surface area contributed by atoms with E-state index in [0.29, 0.717) is 12.2 Å². The highest BCUT2D eigenvalue weighted by Crippen LogP contribution is 2.25. The molecule has 0 N–H and O–H groups in total. The van der Waals surface area contributed by atoms with Crippen molar-refractivity contribution in [3.8, 4) is 11.1 Å². The van der Waals surface area contributed by atoms with Gasteiger partial charge in [0.1, 0.15) is 5.78 Å². The molecule has 3 aromatic carbocycles. The normalized spacial score (nSPS) is 16.8. The van der Waals surface area contributed by atoms with Crippen molar-refractivity contribution in [2.75, 3.05) is 0 Å². The molecule has 1 atom stereocenters. The number of carbonyl (C=O) groups excluding carboxylic acids is 1. The van der Waals surface area contributed by atoms with E-state index in [-0.39, 0.29) is 5.92 Å². The summed E-state index contributed by atoms with van der Waals surface area (Å²) in [7, 11) is 0. The van der Waals surface area contributed by atoms with Gasteiger partial charge >= 0.3 is 0 Å². The van der Waals surface area contributed by atoms with Crippen LogP contribution in [0, 0.1) is 5.92 Å². The zero-order valence-electron chi connectivity index (χ0n) is 16.0. The van der Waals surface area contributed by atoms with Gasteiger partial charge in [0, 0.05) is 12.3 Å². The van der Waals surface area contributed by atoms with Gasteiger partial charge in [0.15, 0.2) is 0 Å². The first-order chi connectivity index (χ1) is 13.8. The first kappa shape index (κ1) is 17.2. The van der Waals surface area contributed by atoms with Gasteiger partial charge in [-0.05, 0) is 63.9 Å². The van der Waals surface area contributed by atoms with E-state index in [0.717, 1.165) is 25.7 Å². The third kappa shape index (κ3) is 3.11. The number of benzene rings is 3. The summed E-state index contributed by atoms with van der Waals surface area (Å²) in [6, 6.07) is 23.5. The molecule has 0 saturated carbocycles. The maximum atomic E-state index is 12.9. The van der Waals surface area contributed by atoms with Crippen molar-refractivity contribution in [3.63, 3.8) is 0 Å². The quantitative estimate of drug-likeness (QED) is 0.677. The molecule has 0 aromatic heterocycles. The standard InChI is InChI=1S/C27H24O/c28-27(17-10-19-6-2-1-3-7-19)22-12-11-21-14-15-24-23-9-5-4-8-20(23)13-16-25(24)26(21)18-22/h1-9,14-16,18,22H,10-13,17H2. The monoisotopic (exact) mass is 364 g/mol. The average Bonchev–Trinajstić information content (AvgIpc) is 2.77. The molecule has 0 radical (unpaired) electrons. The number of fused-ring (bicyclic) bond motifs is 5. The molecule has 0 heterocycles. The summed E-state index contributed by atoms with van der Waals surface area (Å²) < 4.78 is 0. The smallest absolute Gasteiger partial charge is 0.140 e. The zero-order valence-corrected chi connectivity index (χ0v) is 16.0. The van der Waals surface area contributed by atoms with E-state index in [1.807, 2.05) is 18.2 Å². The van der Waals surface area contributed by atoms with E-state index >= 15 is 0 Å². The van der Waals surface area contributed by atoms with Crippen molar-refractivity contribution >= 4 is 17.9 Å². The van der Waals surface area contributed by atoms with E-state index in [1.54, 1.807) is 0 Å². The molecule has 0 saturated heterocycles. The summed E-state index contributed by atoms with van der Waals surface area (Å²) in [6.45, 7) is 0. The Hall–Kier alpha value is -2.93. The Labute approximate surface area is 166 Å². The Balaban J connectivity index is 1.47. The van der Waals surface area contributed by atoms with Gasteiger partial charge in [-0.25, -0.2) is 0 Å². The Morgan fingerprint density at radius 1 is 0.821 bits per heavy atom. The van der Waals surface area contributed by atoms with Crippen molar-refractivity contribution in [2.45, 2.75) is 32.1 Å². The lowest BCUT2D eigenvalue weighted by Crippen LogP contribution is -2.37. The Bertz CT molecular complexity index is 1150. The van der Waals surface area contributed by atoms with Crippen LogP contribution in [-0.4, -0.2) is 5.78 Å². The second kappa shape index (κ2) is 7.24. The van der Waals surface area contributed by atoms with Crippen LogP contribution in [0.4, 0.5) is 0 Å². The molecule has 1 nitrogen and oxygen atoms in total. The molecule has 1 heteroatoms. The van der Waals surface area contributed by atoms with Gasteiger partial charge in [-0.1, -0.05) is 78.9 Å². The number of Topliss-reactive ketones (excluding diaryl/α,β-unsaturated/α-hetero) is 1. The van der Waals surface area contributed by atoms with Crippen LogP contribution in [0.5, 0.6) is 0 Å². The predicted molar refractivity (Wildman–Crippen MR) is 115 cm³/mol. The lowest BCUT2D eigenvalue weighted by molar-refractivity contribution is -0.121. The molecule has 0 bridgehead atoms. The second-order valence-corrected chi connectivity index (χ2v) is 7.93. The molecule has 0 fully saturated rings. The SMILES string of the molecule is O=C(CCc1ccccc1)C1C=c2c(ccc3c2=CCc2ccccc2-3)CC1. The van der Waals surface area contributed by atoms with Gasteiger partial charge in [-0.3, -0.25) is 4.79 Å². The second-order valence-electron chi connectivity index (χ2n) is 7.93. The third-order valence-electron chi connectivity index (χ3n) is 6.22. The van der Waals surface area contributed by atoms with Crippen molar-refractivity contribution in [1.82, 2.24) is 0 Å². The zero-order chi connectivity index (χ0) is 18.9. The summed E-state index contributed by atoms with van der Waals surface area (Å²) in [4.78, 5) is 12.9. The number of hydrogen-bond donors (Lipinski definition) is 0. The van der Waals surface area contributed by atoms with Gasteiger partial charge in [-0.15, -0.1) is 0 Å². The Kier molecular flexibility index (Phi) is 4.44. The van der Waals surface area contributed by atoms with Crippen molar-refractivity contribution < 1.29 is 4.79 Å². The summed E-state index contributed by atoms with van der Waals surface area (Å²) in [5.74, 6) is 0.427. The van der Waals surface area contributed by atoms with Crippen molar-refractivity contribution in [3.05, 3.63) is 93.9 Å². The first-order valence-electron chi connectivity index (χ1n) is 10.3. The average molecular weight is 364 g/mol. The minimum Gasteiger partial charge on any atom is -0.299 e. The minimum atomic E-state index is 0.0493. The molecule has 2 aliphatic carbocycles. The fourth-order valence-corrected chi connectivity index (χ4v) is 4.67. The highest BCUT2D eigenvalue weighted by atomic mass is 16.1. The molecule has 1 unspecified atom stereocenters. The van der Waals surface area contributed by atoms with Crippen LogP contribution in [0.15, 0.2) is 66.7 Å². The fourth-order valence-electron chi connectivity index (χ4n) is 4.67. The molecule has 138 valence electrons. The minimum absolute atomic E-state index is 0.0493. The van der Waals surface area contributed by atoms with Gasteiger partial charge in [0.05, 0.1) is 0 Å². The lowest BCUT2D eigenvalue weighted by atomic mass is 9.82. The van der Waals surface area contributed by atoms with E-state index in [1.165, 1.54) is 38.3 Å². The van der Waals surface area contributed by atoms with E-state index in [9.17, 15) is 4.79 Å². The molecule has 5 rings (SSSR count). The van der Waals surface area contributed by atoms with Crippen LogP contribution in [-0.2, 0) is 24.1 Å². The van der Waals surface area contributed by atoms with Crippen LogP contribution >= 0.6 is 0 Å². The summed E-state index contributed by atoms with van der Waals surface area (Å²) in [5, 5.41) is 2.63. The highest BCUT2D eigenvalue weighted by molar-refractivity contribution is 5.87. The van der Waals surface area contributed by atoms with E-state index in [2.05, 4.69) is 60.7 Å². The topological polar surface area (TPSA) is 17.1 Å². The number of aryl methyl sites for hydroxylation is 2. The number of rotatable bonds is 4.